The van der Waals surface area contributed by atoms with Crippen LogP contribution < -0.4 is 5.43 Å². The molecule has 0 bridgehead atoms. The molecule has 0 aromatic carbocycles. The van der Waals surface area contributed by atoms with Gasteiger partial charge in [-0.25, -0.2) is 8.42 Å². The molecule has 0 fully saturated rings. The van der Waals surface area contributed by atoms with Crippen LogP contribution >= 0.6 is 0 Å². The molecule has 0 aliphatic rings. The molecule has 6 nitrogen and oxygen atoms in total. The highest BCUT2D eigenvalue weighted by Crippen LogP contribution is 2.11. The summed E-state index contributed by atoms with van der Waals surface area (Å²) < 4.78 is 26.3. The van der Waals surface area contributed by atoms with Crippen molar-refractivity contribution in [2.75, 3.05) is 32.7 Å². The van der Waals surface area contributed by atoms with Gasteiger partial charge in [0.2, 0.25) is 15.5 Å². The number of pyridine rings is 1. The van der Waals surface area contributed by atoms with Crippen LogP contribution in [0.4, 0.5) is 0 Å². The lowest BCUT2D eigenvalue weighted by Gasteiger charge is -2.22. The highest BCUT2D eigenvalue weighted by Gasteiger charge is 2.25. The van der Waals surface area contributed by atoms with Crippen molar-refractivity contribution in [2.24, 2.45) is 0 Å². The lowest BCUT2D eigenvalue weighted by atomic mass is 10.3. The molecule has 1 aromatic heterocycles. The molecule has 0 aliphatic heterocycles. The first-order chi connectivity index (χ1) is 9.97. The van der Waals surface area contributed by atoms with E-state index >= 15 is 0 Å². The predicted molar refractivity (Wildman–Crippen MR) is 83.9 cm³/mol. The topological polar surface area (TPSA) is 73.5 Å². The van der Waals surface area contributed by atoms with Crippen molar-refractivity contribution < 1.29 is 8.42 Å². The maximum atomic E-state index is 12.5. The molecule has 0 saturated heterocycles. The number of sulfonamides is 1. The van der Waals surface area contributed by atoms with Crippen molar-refractivity contribution in [3.05, 3.63) is 28.7 Å². The fourth-order valence-corrected chi connectivity index (χ4v) is 3.73. The largest absolute Gasteiger partial charge is 0.366 e. The Morgan fingerprint density at radius 1 is 1.10 bits per heavy atom. The minimum absolute atomic E-state index is 0.185. The van der Waals surface area contributed by atoms with Crippen LogP contribution in [0, 0.1) is 0 Å². The molecule has 0 amide bonds. The van der Waals surface area contributed by atoms with E-state index in [0.29, 0.717) is 13.1 Å². The third-order valence-electron chi connectivity index (χ3n) is 3.54. The molecule has 7 heteroatoms. The Morgan fingerprint density at radius 2 is 1.76 bits per heavy atom. The van der Waals surface area contributed by atoms with Crippen LogP contribution in [-0.4, -0.2) is 55.3 Å². The number of nitrogens with one attached hydrogen (secondary N) is 1. The summed E-state index contributed by atoms with van der Waals surface area (Å²) in [7, 11) is -3.72. The number of hydrogen-bond acceptors (Lipinski definition) is 4. The van der Waals surface area contributed by atoms with E-state index in [4.69, 9.17) is 0 Å². The van der Waals surface area contributed by atoms with E-state index in [-0.39, 0.29) is 4.90 Å². The molecule has 1 heterocycles. The Bertz CT molecular complexity index is 579. The monoisotopic (exact) mass is 315 g/mol. The predicted octanol–water partition coefficient (Wildman–Crippen LogP) is 1.12. The van der Waals surface area contributed by atoms with Crippen molar-refractivity contribution in [1.82, 2.24) is 14.2 Å². The average molecular weight is 315 g/mol. The summed E-state index contributed by atoms with van der Waals surface area (Å²) in [6.07, 6.45) is 3.43. The summed E-state index contributed by atoms with van der Waals surface area (Å²) in [4.78, 5) is 16.5. The average Bonchev–Trinajstić information content (AvgIpc) is 2.47. The molecule has 1 N–H and O–H groups in total. The zero-order chi connectivity index (χ0) is 15.9. The molecule has 120 valence electrons. The number of hydrogen-bond donors (Lipinski definition) is 1. The quantitative estimate of drug-likeness (QED) is 0.741. The zero-order valence-electron chi connectivity index (χ0n) is 13.0. The van der Waals surface area contributed by atoms with Crippen molar-refractivity contribution in [1.29, 1.82) is 0 Å². The first-order valence-corrected chi connectivity index (χ1v) is 8.80. The summed E-state index contributed by atoms with van der Waals surface area (Å²) >= 11 is 0. The molecule has 0 radical (unpaired) electrons. The van der Waals surface area contributed by atoms with Gasteiger partial charge >= 0.3 is 0 Å². The van der Waals surface area contributed by atoms with Gasteiger partial charge in [-0.05, 0) is 26.1 Å². The summed E-state index contributed by atoms with van der Waals surface area (Å²) in [6.45, 7) is 9.49. The summed E-state index contributed by atoms with van der Waals surface area (Å²) in [5.74, 6) is 0. The number of H-pyrrole nitrogens is 1. The van der Waals surface area contributed by atoms with Crippen molar-refractivity contribution in [3.8, 4) is 0 Å². The minimum atomic E-state index is -3.72. The first kappa shape index (κ1) is 17.9. The lowest BCUT2D eigenvalue weighted by Crippen LogP contribution is -2.36. The van der Waals surface area contributed by atoms with Crippen LogP contribution in [0.25, 0.3) is 0 Å². The second-order valence-corrected chi connectivity index (χ2v) is 6.66. The van der Waals surface area contributed by atoms with Gasteiger partial charge in [-0.15, -0.1) is 0 Å². The van der Waals surface area contributed by atoms with Gasteiger partial charge in [0, 0.05) is 31.5 Å². The van der Waals surface area contributed by atoms with E-state index in [9.17, 15) is 13.2 Å². The van der Waals surface area contributed by atoms with E-state index < -0.39 is 15.5 Å². The van der Waals surface area contributed by atoms with Crippen LogP contribution in [0.15, 0.2) is 28.2 Å². The van der Waals surface area contributed by atoms with Crippen molar-refractivity contribution in [2.45, 2.75) is 32.1 Å². The SMILES string of the molecule is CCN(CC)CCCN(CC)S(=O)(=O)c1c[nH]ccc1=O. The lowest BCUT2D eigenvalue weighted by molar-refractivity contribution is 0.285. The normalized spacial score (nSPS) is 12.2. The van der Waals surface area contributed by atoms with Gasteiger partial charge in [0.25, 0.3) is 0 Å². The highest BCUT2D eigenvalue weighted by atomic mass is 32.2. The molecule has 1 rings (SSSR count). The van der Waals surface area contributed by atoms with Gasteiger partial charge < -0.3 is 9.88 Å². The van der Waals surface area contributed by atoms with Gasteiger partial charge in [0.1, 0.15) is 4.90 Å². The standard InChI is InChI=1S/C14H25N3O3S/c1-4-16(5-2)10-7-11-17(6-3)21(19,20)14-12-15-9-8-13(14)18/h8-9,12H,4-7,10-11H2,1-3H3,(H,15,18). The third-order valence-corrected chi connectivity index (χ3v) is 5.53. The molecule has 1 aromatic rings. The molecule has 0 saturated carbocycles. The summed E-state index contributed by atoms with van der Waals surface area (Å²) in [5, 5.41) is 0. The number of nitrogens with zero attached hydrogens (tertiary/aromatic N) is 2. The maximum Gasteiger partial charge on any atom is 0.248 e. The Kier molecular flexibility index (Phi) is 7.07. The number of aromatic amines is 1. The zero-order valence-corrected chi connectivity index (χ0v) is 13.8. The van der Waals surface area contributed by atoms with E-state index in [1.807, 2.05) is 0 Å². The van der Waals surface area contributed by atoms with Gasteiger partial charge in [-0.3, -0.25) is 4.79 Å². The smallest absolute Gasteiger partial charge is 0.248 e. The Hall–Kier alpha value is -1.18. The van der Waals surface area contributed by atoms with Crippen LogP contribution in [0.5, 0.6) is 0 Å². The molecule has 0 spiro atoms. The van der Waals surface area contributed by atoms with E-state index in [1.54, 1.807) is 6.92 Å². The van der Waals surface area contributed by atoms with E-state index in [1.165, 1.54) is 22.8 Å². The minimum Gasteiger partial charge on any atom is -0.366 e. The maximum absolute atomic E-state index is 12.5. The summed E-state index contributed by atoms with van der Waals surface area (Å²) in [5.41, 5.74) is -0.476. The Balaban J connectivity index is 2.80. The molecular formula is C14H25N3O3S. The second-order valence-electron chi connectivity index (χ2n) is 4.75. The van der Waals surface area contributed by atoms with Crippen molar-refractivity contribution in [3.63, 3.8) is 0 Å². The van der Waals surface area contributed by atoms with E-state index in [2.05, 4.69) is 23.7 Å². The van der Waals surface area contributed by atoms with Crippen LogP contribution in [0.3, 0.4) is 0 Å². The van der Waals surface area contributed by atoms with Gasteiger partial charge in [-0.2, -0.15) is 4.31 Å². The Labute approximate surface area is 126 Å². The molecule has 0 atom stereocenters. The fraction of sp³-hybridized carbons (Fsp3) is 0.643. The third kappa shape index (κ3) is 4.66. The Morgan fingerprint density at radius 3 is 2.29 bits per heavy atom. The van der Waals surface area contributed by atoms with Crippen LogP contribution in [-0.2, 0) is 10.0 Å². The second kappa shape index (κ2) is 8.31. The fourth-order valence-electron chi connectivity index (χ4n) is 2.20. The molecule has 0 aliphatic carbocycles. The molecule has 21 heavy (non-hydrogen) atoms. The van der Waals surface area contributed by atoms with Crippen molar-refractivity contribution >= 4 is 10.0 Å². The van der Waals surface area contributed by atoms with Gasteiger partial charge in [0.15, 0.2) is 0 Å². The first-order valence-electron chi connectivity index (χ1n) is 7.36. The highest BCUT2D eigenvalue weighted by molar-refractivity contribution is 7.89. The van der Waals surface area contributed by atoms with Crippen LogP contribution in [0.2, 0.25) is 0 Å². The molecule has 0 unspecified atom stereocenters. The van der Waals surface area contributed by atoms with Gasteiger partial charge in [-0.1, -0.05) is 20.8 Å². The van der Waals surface area contributed by atoms with E-state index in [0.717, 1.165) is 26.1 Å². The number of aromatic nitrogens is 1. The van der Waals surface area contributed by atoms with Crippen LogP contribution in [0.1, 0.15) is 27.2 Å². The summed E-state index contributed by atoms with van der Waals surface area (Å²) in [6, 6.07) is 1.23. The molecular weight excluding hydrogens is 290 g/mol. The van der Waals surface area contributed by atoms with Gasteiger partial charge in [0.05, 0.1) is 0 Å². The number of rotatable bonds is 9.